The van der Waals surface area contributed by atoms with Crippen molar-refractivity contribution in [3.8, 4) is 11.3 Å². The van der Waals surface area contributed by atoms with Crippen molar-refractivity contribution in [2.24, 2.45) is 0 Å². The number of carbonyl (C=O) groups excluding carboxylic acids is 1. The van der Waals surface area contributed by atoms with Crippen molar-refractivity contribution in [3.05, 3.63) is 66.9 Å². The Morgan fingerprint density at radius 2 is 1.76 bits per heavy atom. The minimum Gasteiger partial charge on any atom is -0.368 e. The summed E-state index contributed by atoms with van der Waals surface area (Å²) in [4.78, 5) is 35.9. The number of carbonyl (C=O) groups is 1. The highest BCUT2D eigenvalue weighted by atomic mass is 16.2. The second kappa shape index (κ2) is 9.05. The molecule has 1 aromatic carbocycles. The molecule has 4 heterocycles. The lowest BCUT2D eigenvalue weighted by atomic mass is 10.1. The normalized spacial score (nSPS) is 13.9. The fourth-order valence-electron chi connectivity index (χ4n) is 4.36. The predicted octanol–water partition coefficient (Wildman–Crippen LogP) is 3.83. The van der Waals surface area contributed by atoms with Gasteiger partial charge in [0.05, 0.1) is 23.1 Å². The van der Waals surface area contributed by atoms with Crippen LogP contribution in [0.15, 0.2) is 61.2 Å². The molecule has 0 N–H and O–H groups in total. The van der Waals surface area contributed by atoms with Crippen LogP contribution in [-0.4, -0.2) is 64.0 Å². The minimum absolute atomic E-state index is 0.136. The van der Waals surface area contributed by atoms with Crippen molar-refractivity contribution in [2.45, 2.75) is 13.8 Å². The SMILES string of the molecule is CC(=O)N1CCN(c2ccc3c(N(C)c4ccc(-c5ccnc(C)c5)nc4)ncnc3c2)CC1. The van der Waals surface area contributed by atoms with Crippen LogP contribution >= 0.6 is 0 Å². The van der Waals surface area contributed by atoms with E-state index in [9.17, 15) is 4.79 Å². The second-order valence-corrected chi connectivity index (χ2v) is 8.54. The number of aryl methyl sites for hydroxylation is 1. The molecule has 0 aliphatic carbocycles. The lowest BCUT2D eigenvalue weighted by Crippen LogP contribution is -2.48. The van der Waals surface area contributed by atoms with Crippen LogP contribution in [-0.2, 0) is 4.79 Å². The number of hydrogen-bond acceptors (Lipinski definition) is 7. The quantitative estimate of drug-likeness (QED) is 0.465. The molecule has 4 aromatic rings. The standard InChI is InChI=1S/C26H27N7O/c1-18-14-20(8-9-27-18)24-7-5-22(16-28-24)31(3)26-23-6-4-21(15-25(23)29-17-30-26)33-12-10-32(11-13-33)19(2)34/h4-9,14-17H,10-13H2,1-3H3. The zero-order chi connectivity index (χ0) is 23.7. The fraction of sp³-hybridized carbons (Fsp3) is 0.269. The van der Waals surface area contributed by atoms with E-state index < -0.39 is 0 Å². The zero-order valence-electron chi connectivity index (χ0n) is 19.6. The highest BCUT2D eigenvalue weighted by molar-refractivity contribution is 5.93. The summed E-state index contributed by atoms with van der Waals surface area (Å²) in [6.45, 7) is 6.73. The highest BCUT2D eigenvalue weighted by Gasteiger charge is 2.20. The van der Waals surface area contributed by atoms with Crippen LogP contribution < -0.4 is 9.80 Å². The van der Waals surface area contributed by atoms with E-state index in [2.05, 4.69) is 49.1 Å². The summed E-state index contributed by atoms with van der Waals surface area (Å²) < 4.78 is 0. The van der Waals surface area contributed by atoms with Gasteiger partial charge in [-0.25, -0.2) is 9.97 Å². The van der Waals surface area contributed by atoms with Crippen molar-refractivity contribution in [2.75, 3.05) is 43.0 Å². The Kier molecular flexibility index (Phi) is 5.79. The van der Waals surface area contributed by atoms with Gasteiger partial charge < -0.3 is 14.7 Å². The average Bonchev–Trinajstić information content (AvgIpc) is 2.88. The molecular formula is C26H27N7O. The maximum absolute atomic E-state index is 11.6. The Morgan fingerprint density at radius 1 is 0.941 bits per heavy atom. The molecule has 1 amide bonds. The van der Waals surface area contributed by atoms with Crippen LogP contribution in [0.4, 0.5) is 17.2 Å². The first-order valence-corrected chi connectivity index (χ1v) is 11.4. The van der Waals surface area contributed by atoms with Crippen LogP contribution in [0.1, 0.15) is 12.6 Å². The van der Waals surface area contributed by atoms with Crippen LogP contribution in [0.5, 0.6) is 0 Å². The molecule has 172 valence electrons. The predicted molar refractivity (Wildman–Crippen MR) is 134 cm³/mol. The first-order valence-electron chi connectivity index (χ1n) is 11.4. The van der Waals surface area contributed by atoms with Gasteiger partial charge in [0.25, 0.3) is 0 Å². The van der Waals surface area contributed by atoms with Crippen molar-refractivity contribution in [1.82, 2.24) is 24.8 Å². The van der Waals surface area contributed by atoms with Gasteiger partial charge in [0.1, 0.15) is 12.1 Å². The van der Waals surface area contributed by atoms with Gasteiger partial charge >= 0.3 is 0 Å². The molecule has 3 aromatic heterocycles. The third-order valence-corrected chi connectivity index (χ3v) is 6.33. The largest absolute Gasteiger partial charge is 0.368 e. The number of benzene rings is 1. The van der Waals surface area contributed by atoms with Crippen LogP contribution in [0.2, 0.25) is 0 Å². The van der Waals surface area contributed by atoms with Gasteiger partial charge in [0, 0.05) is 68.7 Å². The molecule has 8 heteroatoms. The Morgan fingerprint density at radius 3 is 2.47 bits per heavy atom. The van der Waals surface area contributed by atoms with Crippen LogP contribution in [0, 0.1) is 6.92 Å². The number of piperazine rings is 1. The molecule has 1 saturated heterocycles. The Hall–Kier alpha value is -4.07. The van der Waals surface area contributed by atoms with E-state index in [-0.39, 0.29) is 5.91 Å². The van der Waals surface area contributed by atoms with E-state index in [0.717, 1.165) is 71.2 Å². The summed E-state index contributed by atoms with van der Waals surface area (Å²) in [6.07, 6.45) is 5.27. The molecule has 0 unspecified atom stereocenters. The van der Waals surface area contributed by atoms with Crippen LogP contribution in [0.25, 0.3) is 22.2 Å². The van der Waals surface area contributed by atoms with Gasteiger partial charge in [-0.15, -0.1) is 0 Å². The summed E-state index contributed by atoms with van der Waals surface area (Å²) in [5.41, 5.74) is 5.87. The van der Waals surface area contributed by atoms with Crippen molar-refractivity contribution in [1.29, 1.82) is 0 Å². The summed E-state index contributed by atoms with van der Waals surface area (Å²) in [5, 5.41) is 0.977. The van der Waals surface area contributed by atoms with Gasteiger partial charge in [0.15, 0.2) is 0 Å². The molecule has 0 spiro atoms. The molecule has 0 bridgehead atoms. The summed E-state index contributed by atoms with van der Waals surface area (Å²) in [7, 11) is 1.99. The Labute approximate surface area is 198 Å². The molecule has 1 aliphatic rings. The molecule has 8 nitrogen and oxygen atoms in total. The number of hydrogen-bond donors (Lipinski definition) is 0. The molecular weight excluding hydrogens is 426 g/mol. The average molecular weight is 454 g/mol. The zero-order valence-corrected chi connectivity index (χ0v) is 19.6. The Bertz CT molecular complexity index is 1330. The monoisotopic (exact) mass is 453 g/mol. The van der Waals surface area contributed by atoms with E-state index >= 15 is 0 Å². The third kappa shape index (κ3) is 4.26. The van der Waals surface area contributed by atoms with E-state index in [0.29, 0.717) is 0 Å². The smallest absolute Gasteiger partial charge is 0.219 e. The Balaban J connectivity index is 1.39. The highest BCUT2D eigenvalue weighted by Crippen LogP contribution is 2.31. The van der Waals surface area contributed by atoms with E-state index in [1.54, 1.807) is 19.4 Å². The number of anilines is 3. The minimum atomic E-state index is 0.136. The number of rotatable bonds is 4. The number of amides is 1. The van der Waals surface area contributed by atoms with Gasteiger partial charge in [-0.3, -0.25) is 14.8 Å². The molecule has 1 fully saturated rings. The van der Waals surface area contributed by atoms with Crippen molar-refractivity contribution >= 4 is 34.0 Å². The topological polar surface area (TPSA) is 78.4 Å². The van der Waals surface area contributed by atoms with Gasteiger partial charge in [-0.2, -0.15) is 0 Å². The van der Waals surface area contributed by atoms with E-state index in [4.69, 9.17) is 0 Å². The molecule has 0 atom stereocenters. The van der Waals surface area contributed by atoms with Crippen molar-refractivity contribution < 1.29 is 4.79 Å². The van der Waals surface area contributed by atoms with Gasteiger partial charge in [-0.05, 0) is 49.4 Å². The number of pyridine rings is 2. The first-order chi connectivity index (χ1) is 16.5. The molecule has 1 aliphatic heterocycles. The lowest BCUT2D eigenvalue weighted by molar-refractivity contribution is -0.129. The van der Waals surface area contributed by atoms with Gasteiger partial charge in [0.2, 0.25) is 5.91 Å². The number of aromatic nitrogens is 4. The van der Waals surface area contributed by atoms with E-state index in [1.807, 2.05) is 48.2 Å². The van der Waals surface area contributed by atoms with Crippen LogP contribution in [0.3, 0.4) is 0 Å². The number of fused-ring (bicyclic) bond motifs is 1. The second-order valence-electron chi connectivity index (χ2n) is 8.54. The van der Waals surface area contributed by atoms with Crippen molar-refractivity contribution in [3.63, 3.8) is 0 Å². The maximum Gasteiger partial charge on any atom is 0.219 e. The fourth-order valence-corrected chi connectivity index (χ4v) is 4.36. The summed E-state index contributed by atoms with van der Waals surface area (Å²) in [6, 6.07) is 14.4. The lowest BCUT2D eigenvalue weighted by Gasteiger charge is -2.35. The summed E-state index contributed by atoms with van der Waals surface area (Å²) in [5.74, 6) is 0.962. The number of nitrogens with zero attached hydrogens (tertiary/aromatic N) is 7. The van der Waals surface area contributed by atoms with Gasteiger partial charge in [-0.1, -0.05) is 0 Å². The molecule has 34 heavy (non-hydrogen) atoms. The van der Waals surface area contributed by atoms with E-state index in [1.165, 1.54) is 0 Å². The first kappa shape index (κ1) is 21.8. The maximum atomic E-state index is 11.6. The summed E-state index contributed by atoms with van der Waals surface area (Å²) >= 11 is 0. The third-order valence-electron chi connectivity index (χ3n) is 6.33. The molecule has 5 rings (SSSR count). The molecule has 0 radical (unpaired) electrons. The molecule has 0 saturated carbocycles.